The normalized spacial score (nSPS) is 46.5. The minimum Gasteiger partial charge on any atom is -0.459 e. The quantitative estimate of drug-likeness (QED) is 0.494. The van der Waals surface area contributed by atoms with Crippen LogP contribution in [0, 0.1) is 52.3 Å². The summed E-state index contributed by atoms with van der Waals surface area (Å²) in [5.74, 6) is 1.99. The van der Waals surface area contributed by atoms with Crippen molar-refractivity contribution >= 4 is 11.8 Å². The second-order valence-corrected chi connectivity index (χ2v) is 13.5. The molecule has 4 aliphatic rings. The second-order valence-electron chi connectivity index (χ2n) is 13.5. The smallest absolute Gasteiger partial charge is 0.303 e. The highest BCUT2D eigenvalue weighted by molar-refractivity contribution is 5.97. The first-order chi connectivity index (χ1) is 16.3. The third-order valence-electron chi connectivity index (χ3n) is 11.5. The Morgan fingerprint density at radius 3 is 2.49 bits per heavy atom. The molecule has 0 saturated heterocycles. The Bertz CT molecular complexity index is 865. The minimum absolute atomic E-state index is 0.0127. The summed E-state index contributed by atoms with van der Waals surface area (Å²) in [5.41, 5.74) is -2.66. The maximum atomic E-state index is 13.4. The fourth-order valence-electron chi connectivity index (χ4n) is 9.18. The third kappa shape index (κ3) is 4.04. The van der Waals surface area contributed by atoms with Gasteiger partial charge in [-0.15, -0.1) is 0 Å². The molecule has 0 heterocycles. The van der Waals surface area contributed by atoms with Gasteiger partial charge >= 0.3 is 5.97 Å². The molecule has 35 heavy (non-hydrogen) atoms. The van der Waals surface area contributed by atoms with E-state index in [-0.39, 0.29) is 29.5 Å². The van der Waals surface area contributed by atoms with Crippen molar-refractivity contribution in [3.8, 4) is 0 Å². The van der Waals surface area contributed by atoms with Crippen molar-refractivity contribution in [3.63, 3.8) is 0 Å². The van der Waals surface area contributed by atoms with E-state index in [2.05, 4.69) is 34.6 Å². The topological polar surface area (TPSA) is 83.8 Å². The van der Waals surface area contributed by atoms with Crippen LogP contribution in [0.15, 0.2) is 12.2 Å². The zero-order valence-corrected chi connectivity index (χ0v) is 22.9. The summed E-state index contributed by atoms with van der Waals surface area (Å²) in [5, 5.41) is 23.7. The first-order valence-electron chi connectivity index (χ1n) is 14.1. The molecule has 198 valence electrons. The van der Waals surface area contributed by atoms with Gasteiger partial charge in [-0.05, 0) is 86.0 Å². The van der Waals surface area contributed by atoms with Crippen LogP contribution in [0.4, 0.5) is 0 Å². The molecule has 0 bridgehead atoms. The number of aliphatic hydroxyl groups excluding tert-OH is 1. The Labute approximate surface area is 212 Å². The Morgan fingerprint density at radius 1 is 1.17 bits per heavy atom. The minimum atomic E-state index is -1.49. The summed E-state index contributed by atoms with van der Waals surface area (Å²) in [6.45, 7) is 14.9. The van der Waals surface area contributed by atoms with Crippen LogP contribution >= 0.6 is 0 Å². The number of esters is 1. The molecule has 4 aliphatic carbocycles. The van der Waals surface area contributed by atoms with Gasteiger partial charge in [-0.25, -0.2) is 0 Å². The predicted molar refractivity (Wildman–Crippen MR) is 136 cm³/mol. The highest BCUT2D eigenvalue weighted by Crippen LogP contribution is 2.68. The molecule has 2 N–H and O–H groups in total. The van der Waals surface area contributed by atoms with Crippen molar-refractivity contribution < 1.29 is 24.5 Å². The van der Waals surface area contributed by atoms with Gasteiger partial charge in [-0.2, -0.15) is 0 Å². The van der Waals surface area contributed by atoms with Gasteiger partial charge < -0.3 is 14.9 Å². The lowest BCUT2D eigenvalue weighted by Gasteiger charge is -2.64. The lowest BCUT2D eigenvalue weighted by Crippen LogP contribution is -2.72. The average molecular weight is 489 g/mol. The van der Waals surface area contributed by atoms with Crippen LogP contribution in [-0.4, -0.2) is 39.8 Å². The zero-order chi connectivity index (χ0) is 25.9. The number of fused-ring (bicyclic) bond motifs is 5. The molecule has 0 amide bonds. The van der Waals surface area contributed by atoms with E-state index in [1.54, 1.807) is 12.2 Å². The Hall–Kier alpha value is -1.20. The number of carbonyl (C=O) groups excluding carboxylic acids is 2. The molecule has 5 heteroatoms. The number of aliphatic hydroxyl groups is 2. The summed E-state index contributed by atoms with van der Waals surface area (Å²) in [7, 11) is 0. The number of ketones is 1. The molecule has 5 nitrogen and oxygen atoms in total. The summed E-state index contributed by atoms with van der Waals surface area (Å²) >= 11 is 0. The average Bonchev–Trinajstić information content (AvgIpc) is 3.10. The van der Waals surface area contributed by atoms with E-state index in [1.165, 1.54) is 19.8 Å². The maximum absolute atomic E-state index is 13.4. The zero-order valence-electron chi connectivity index (χ0n) is 22.9. The van der Waals surface area contributed by atoms with Gasteiger partial charge in [0.05, 0.1) is 11.5 Å². The monoisotopic (exact) mass is 488 g/mol. The van der Waals surface area contributed by atoms with Crippen molar-refractivity contribution in [1.82, 2.24) is 0 Å². The van der Waals surface area contributed by atoms with Crippen molar-refractivity contribution in [1.29, 1.82) is 0 Å². The fourth-order valence-corrected chi connectivity index (χ4v) is 9.18. The standard InChI is InChI=1S/C30H48O5/c1-17(2)18(3)10-11-19(4)22-12-13-23-21-15-26(35-20(5)31)30(34)14-8-9-25(33)29(30,7)27(21)24(32)16-28(22,23)6/h8-9,17-19,21-24,26-27,32,34H,10-16H2,1-7H3/t18-,19+,21-,22+,23-,24+,26-,27+,28+,29+,30-/m0/s1. The van der Waals surface area contributed by atoms with Gasteiger partial charge in [0.2, 0.25) is 0 Å². The molecule has 0 aliphatic heterocycles. The molecule has 4 rings (SSSR count). The van der Waals surface area contributed by atoms with Gasteiger partial charge in [0.15, 0.2) is 5.78 Å². The molecule has 0 unspecified atom stereocenters. The van der Waals surface area contributed by atoms with Gasteiger partial charge in [-0.3, -0.25) is 9.59 Å². The molecule has 0 aromatic heterocycles. The third-order valence-corrected chi connectivity index (χ3v) is 11.5. The highest BCUT2D eigenvalue weighted by Gasteiger charge is 2.72. The molecule has 0 radical (unpaired) electrons. The van der Waals surface area contributed by atoms with Crippen LogP contribution in [0.2, 0.25) is 0 Å². The van der Waals surface area contributed by atoms with Crippen LogP contribution < -0.4 is 0 Å². The van der Waals surface area contributed by atoms with Crippen LogP contribution in [-0.2, 0) is 14.3 Å². The lowest BCUT2D eigenvalue weighted by molar-refractivity contribution is -0.257. The Balaban J connectivity index is 1.66. The number of ether oxygens (including phenoxy) is 1. The van der Waals surface area contributed by atoms with Crippen LogP contribution in [0.3, 0.4) is 0 Å². The van der Waals surface area contributed by atoms with Gasteiger partial charge in [-0.1, -0.05) is 53.5 Å². The number of hydrogen-bond acceptors (Lipinski definition) is 5. The van der Waals surface area contributed by atoms with E-state index in [1.807, 2.05) is 6.92 Å². The first kappa shape index (κ1) is 26.9. The van der Waals surface area contributed by atoms with Crippen LogP contribution in [0.25, 0.3) is 0 Å². The lowest BCUT2D eigenvalue weighted by atomic mass is 9.42. The second kappa shape index (κ2) is 9.28. The summed E-state index contributed by atoms with van der Waals surface area (Å²) in [4.78, 5) is 25.5. The SMILES string of the molecule is CC(=O)O[C@H]1C[C@@H]2[C@H]([C@H](O)C[C@]3(C)[C@@H]([C@H](C)CC[C@H](C)C(C)C)CC[C@@H]23)[C@@]2(C)C(=O)C=CC[C@]12O. The van der Waals surface area contributed by atoms with Crippen LogP contribution in [0.1, 0.15) is 93.4 Å². The van der Waals surface area contributed by atoms with Crippen molar-refractivity contribution in [2.75, 3.05) is 0 Å². The Kier molecular flexibility index (Phi) is 7.12. The van der Waals surface area contributed by atoms with E-state index < -0.39 is 29.2 Å². The largest absolute Gasteiger partial charge is 0.459 e. The first-order valence-corrected chi connectivity index (χ1v) is 14.1. The number of rotatable bonds is 6. The molecule has 3 fully saturated rings. The van der Waals surface area contributed by atoms with E-state index >= 15 is 0 Å². The predicted octanol–water partition coefficient (Wildman–Crippen LogP) is 5.33. The molecule has 0 aromatic rings. The number of hydrogen-bond donors (Lipinski definition) is 2. The van der Waals surface area contributed by atoms with Gasteiger partial charge in [0, 0.05) is 12.8 Å². The summed E-state index contributed by atoms with van der Waals surface area (Å²) in [6, 6.07) is 0. The van der Waals surface area contributed by atoms with Crippen molar-refractivity contribution in [2.45, 2.75) is 111 Å². The van der Waals surface area contributed by atoms with E-state index in [4.69, 9.17) is 4.74 Å². The van der Waals surface area contributed by atoms with Crippen molar-refractivity contribution in [3.05, 3.63) is 12.2 Å². The summed E-state index contributed by atoms with van der Waals surface area (Å²) < 4.78 is 5.75. The molecular weight excluding hydrogens is 440 g/mol. The van der Waals surface area contributed by atoms with E-state index in [0.717, 1.165) is 12.8 Å². The molecular formula is C30H48O5. The molecule has 11 atom stereocenters. The maximum Gasteiger partial charge on any atom is 0.303 e. The molecule has 0 aromatic carbocycles. The van der Waals surface area contributed by atoms with Crippen molar-refractivity contribution in [2.24, 2.45) is 52.3 Å². The number of allylic oxidation sites excluding steroid dienone is 1. The van der Waals surface area contributed by atoms with E-state index in [0.29, 0.717) is 42.4 Å². The molecule has 0 spiro atoms. The van der Waals surface area contributed by atoms with E-state index in [9.17, 15) is 19.8 Å². The highest BCUT2D eigenvalue weighted by atomic mass is 16.6. The Morgan fingerprint density at radius 2 is 1.86 bits per heavy atom. The fraction of sp³-hybridized carbons (Fsp3) is 0.867. The van der Waals surface area contributed by atoms with Crippen LogP contribution in [0.5, 0.6) is 0 Å². The van der Waals surface area contributed by atoms with Gasteiger partial charge in [0.25, 0.3) is 0 Å². The summed E-state index contributed by atoms with van der Waals surface area (Å²) in [6.07, 6.45) is 7.97. The number of carbonyl (C=O) groups is 2. The molecule has 3 saturated carbocycles. The van der Waals surface area contributed by atoms with Gasteiger partial charge in [0.1, 0.15) is 11.7 Å².